The zero-order valence-electron chi connectivity index (χ0n) is 16.8. The minimum Gasteiger partial charge on any atom is -0.497 e. The van der Waals surface area contributed by atoms with Crippen LogP contribution in [0.3, 0.4) is 0 Å². The lowest BCUT2D eigenvalue weighted by Crippen LogP contribution is -2.46. The monoisotopic (exact) mass is 474 g/mol. The van der Waals surface area contributed by atoms with E-state index in [4.69, 9.17) is 4.74 Å². The van der Waals surface area contributed by atoms with Gasteiger partial charge >= 0.3 is 5.97 Å². The number of nitrogens with one attached hydrogen (secondary N) is 1. The fraction of sp³-hybridized carbons (Fsp3) is 0.412. The van der Waals surface area contributed by atoms with Gasteiger partial charge in [0.2, 0.25) is 21.1 Å². The van der Waals surface area contributed by atoms with Gasteiger partial charge < -0.3 is 9.47 Å². The lowest BCUT2D eigenvalue weighted by atomic mass is 10.2. The van der Waals surface area contributed by atoms with Crippen LogP contribution >= 0.6 is 23.1 Å². The molecule has 1 aromatic carbocycles. The molecule has 2 aromatic rings. The second kappa shape index (κ2) is 10.6. The SMILES string of the molecule is CCC(C(=O)Nc1nnc(SCC(=O)OC)s1)N(c1ccc(OC)cc1)S(C)(=O)=O. The first-order valence-electron chi connectivity index (χ1n) is 8.67. The highest BCUT2D eigenvalue weighted by atomic mass is 32.2. The smallest absolute Gasteiger partial charge is 0.316 e. The summed E-state index contributed by atoms with van der Waals surface area (Å²) in [6, 6.07) is 5.38. The zero-order valence-corrected chi connectivity index (χ0v) is 19.3. The van der Waals surface area contributed by atoms with Gasteiger partial charge in [0.05, 0.1) is 31.9 Å². The molecule has 0 aliphatic carbocycles. The van der Waals surface area contributed by atoms with E-state index in [0.29, 0.717) is 15.8 Å². The number of carbonyl (C=O) groups is 2. The molecular formula is C17H22N4O6S3. The highest BCUT2D eigenvalue weighted by Crippen LogP contribution is 2.28. The van der Waals surface area contributed by atoms with Crippen LogP contribution < -0.4 is 14.4 Å². The molecule has 0 fully saturated rings. The van der Waals surface area contributed by atoms with Gasteiger partial charge in [-0.25, -0.2) is 8.42 Å². The Morgan fingerprint density at radius 1 is 1.23 bits per heavy atom. The number of benzene rings is 1. The number of rotatable bonds is 10. The zero-order chi connectivity index (χ0) is 22.3. The van der Waals surface area contributed by atoms with Crippen molar-refractivity contribution in [1.82, 2.24) is 10.2 Å². The van der Waals surface area contributed by atoms with E-state index in [9.17, 15) is 18.0 Å². The molecule has 1 N–H and O–H groups in total. The van der Waals surface area contributed by atoms with Crippen molar-refractivity contribution < 1.29 is 27.5 Å². The van der Waals surface area contributed by atoms with Crippen LogP contribution in [-0.4, -0.2) is 62.8 Å². The molecule has 0 aliphatic rings. The molecule has 0 spiro atoms. The Bertz CT molecular complexity index is 978. The second-order valence-corrected chi connectivity index (χ2v) is 9.97. The molecule has 13 heteroatoms. The van der Waals surface area contributed by atoms with Crippen molar-refractivity contribution >= 4 is 55.8 Å². The molecule has 164 valence electrons. The number of nitrogens with zero attached hydrogens (tertiary/aromatic N) is 3. The molecule has 1 heterocycles. The Balaban J connectivity index is 2.19. The Labute approximate surface area is 183 Å². The summed E-state index contributed by atoms with van der Waals surface area (Å²) in [4.78, 5) is 24.1. The van der Waals surface area contributed by atoms with Gasteiger partial charge in [-0.1, -0.05) is 30.0 Å². The van der Waals surface area contributed by atoms with Gasteiger partial charge in [0.1, 0.15) is 11.8 Å². The van der Waals surface area contributed by atoms with Crippen LogP contribution in [0.1, 0.15) is 13.3 Å². The fourth-order valence-corrected chi connectivity index (χ4v) is 5.28. The van der Waals surface area contributed by atoms with Crippen LogP contribution in [0.2, 0.25) is 0 Å². The van der Waals surface area contributed by atoms with Gasteiger partial charge in [-0.05, 0) is 30.7 Å². The number of esters is 1. The molecule has 1 aromatic heterocycles. The Morgan fingerprint density at radius 3 is 2.43 bits per heavy atom. The molecule has 1 amide bonds. The summed E-state index contributed by atoms with van der Waals surface area (Å²) in [5.74, 6) is -0.319. The van der Waals surface area contributed by atoms with Gasteiger partial charge in [-0.3, -0.25) is 19.2 Å². The minimum absolute atomic E-state index is 0.0655. The molecule has 30 heavy (non-hydrogen) atoms. The van der Waals surface area contributed by atoms with Gasteiger partial charge in [0, 0.05) is 0 Å². The molecule has 0 saturated heterocycles. The number of methoxy groups -OCH3 is 2. The van der Waals surface area contributed by atoms with Crippen LogP contribution in [0.4, 0.5) is 10.8 Å². The number of aromatic nitrogens is 2. The van der Waals surface area contributed by atoms with E-state index in [0.717, 1.165) is 33.7 Å². The van der Waals surface area contributed by atoms with Crippen molar-refractivity contribution in [3.63, 3.8) is 0 Å². The van der Waals surface area contributed by atoms with E-state index in [1.807, 2.05) is 0 Å². The lowest BCUT2D eigenvalue weighted by Gasteiger charge is -2.29. The number of hydrogen-bond donors (Lipinski definition) is 1. The minimum atomic E-state index is -3.76. The highest BCUT2D eigenvalue weighted by Gasteiger charge is 2.32. The van der Waals surface area contributed by atoms with Crippen molar-refractivity contribution in [2.75, 3.05) is 35.9 Å². The van der Waals surface area contributed by atoms with E-state index in [2.05, 4.69) is 20.3 Å². The Morgan fingerprint density at radius 2 is 1.90 bits per heavy atom. The molecule has 2 rings (SSSR count). The summed E-state index contributed by atoms with van der Waals surface area (Å²) >= 11 is 2.21. The van der Waals surface area contributed by atoms with E-state index in [-0.39, 0.29) is 17.3 Å². The first-order valence-corrected chi connectivity index (χ1v) is 12.3. The molecule has 10 nitrogen and oxygen atoms in total. The van der Waals surface area contributed by atoms with E-state index >= 15 is 0 Å². The first kappa shape index (κ1) is 23.9. The third kappa shape index (κ3) is 6.31. The standard InChI is InChI=1S/C17H22N4O6S3/c1-5-13(21(30(4,24)25)11-6-8-12(26-2)9-7-11)15(23)18-16-19-20-17(29-16)28-10-14(22)27-3/h6-9,13H,5,10H2,1-4H3,(H,18,19,23). The van der Waals surface area contributed by atoms with Crippen molar-refractivity contribution in [1.29, 1.82) is 0 Å². The Kier molecular flexibility index (Phi) is 8.43. The van der Waals surface area contributed by atoms with Crippen LogP contribution in [0.25, 0.3) is 0 Å². The van der Waals surface area contributed by atoms with Crippen LogP contribution in [0.5, 0.6) is 5.75 Å². The summed E-state index contributed by atoms with van der Waals surface area (Å²) < 4.78 is 36.1. The van der Waals surface area contributed by atoms with Crippen LogP contribution in [0.15, 0.2) is 28.6 Å². The maximum Gasteiger partial charge on any atom is 0.316 e. The molecule has 1 unspecified atom stereocenters. The first-order chi connectivity index (χ1) is 14.2. The molecule has 0 aliphatic heterocycles. The predicted molar refractivity (Wildman–Crippen MR) is 116 cm³/mol. The number of sulfonamides is 1. The number of carbonyl (C=O) groups excluding carboxylic acids is 2. The molecule has 0 bridgehead atoms. The quantitative estimate of drug-likeness (QED) is 0.312. The van der Waals surface area contributed by atoms with Gasteiger partial charge in [-0.2, -0.15) is 0 Å². The van der Waals surface area contributed by atoms with Gasteiger partial charge in [0.15, 0.2) is 4.34 Å². The van der Waals surface area contributed by atoms with Crippen molar-refractivity contribution in [3.05, 3.63) is 24.3 Å². The summed E-state index contributed by atoms with van der Waals surface area (Å²) in [7, 11) is -0.966. The predicted octanol–water partition coefficient (Wildman–Crippen LogP) is 2.00. The molecule has 1 atom stereocenters. The van der Waals surface area contributed by atoms with E-state index in [1.54, 1.807) is 31.2 Å². The largest absolute Gasteiger partial charge is 0.497 e. The average molecular weight is 475 g/mol. The summed E-state index contributed by atoms with van der Waals surface area (Å²) in [6.45, 7) is 1.71. The number of ether oxygens (including phenoxy) is 2. The topological polar surface area (TPSA) is 128 Å². The number of amides is 1. The van der Waals surface area contributed by atoms with Crippen LogP contribution in [-0.2, 0) is 24.3 Å². The summed E-state index contributed by atoms with van der Waals surface area (Å²) in [6.07, 6.45) is 1.27. The van der Waals surface area contributed by atoms with Crippen molar-refractivity contribution in [2.24, 2.45) is 0 Å². The maximum atomic E-state index is 12.9. The van der Waals surface area contributed by atoms with E-state index < -0.39 is 27.9 Å². The van der Waals surface area contributed by atoms with Crippen molar-refractivity contribution in [2.45, 2.75) is 23.7 Å². The van der Waals surface area contributed by atoms with Crippen LogP contribution in [0, 0.1) is 0 Å². The van der Waals surface area contributed by atoms with Crippen molar-refractivity contribution in [3.8, 4) is 5.75 Å². The fourth-order valence-electron chi connectivity index (χ4n) is 2.48. The number of thioether (sulfide) groups is 1. The maximum absolute atomic E-state index is 12.9. The third-order valence-corrected chi connectivity index (χ3v) is 6.96. The number of anilines is 2. The van der Waals surface area contributed by atoms with Gasteiger partial charge in [0.25, 0.3) is 0 Å². The highest BCUT2D eigenvalue weighted by molar-refractivity contribution is 8.01. The molecule has 0 radical (unpaired) electrons. The lowest BCUT2D eigenvalue weighted by molar-refractivity contribution is -0.137. The molecule has 0 saturated carbocycles. The molecular weight excluding hydrogens is 452 g/mol. The van der Waals surface area contributed by atoms with Gasteiger partial charge in [-0.15, -0.1) is 10.2 Å². The summed E-state index contributed by atoms with van der Waals surface area (Å²) in [5.41, 5.74) is 0.340. The summed E-state index contributed by atoms with van der Waals surface area (Å²) in [5, 5.41) is 10.6. The normalized spacial score (nSPS) is 12.1. The second-order valence-electron chi connectivity index (χ2n) is 5.91. The average Bonchev–Trinajstić information content (AvgIpc) is 3.16. The number of hydrogen-bond acceptors (Lipinski definition) is 10. The third-order valence-electron chi connectivity index (χ3n) is 3.83. The Hall–Kier alpha value is -2.38. The van der Waals surface area contributed by atoms with E-state index in [1.165, 1.54) is 14.2 Å².